The van der Waals surface area contributed by atoms with E-state index in [1.807, 2.05) is 20.8 Å². The molecule has 1 heterocycles. The molecule has 1 aromatic rings. The summed E-state index contributed by atoms with van der Waals surface area (Å²) >= 11 is 0.491. The predicted octanol–water partition coefficient (Wildman–Crippen LogP) is 2.02. The summed E-state index contributed by atoms with van der Waals surface area (Å²) in [6.45, 7) is 7.52. The number of benzene rings is 1. The zero-order valence-corrected chi connectivity index (χ0v) is 14.3. The summed E-state index contributed by atoms with van der Waals surface area (Å²) in [5.41, 5.74) is 0.620. The Hall–Kier alpha value is -1.18. The number of quaternary nitrogens is 1. The van der Waals surface area contributed by atoms with Gasteiger partial charge < -0.3 is 15.0 Å². The van der Waals surface area contributed by atoms with Crippen molar-refractivity contribution in [3.05, 3.63) is 24.3 Å². The van der Waals surface area contributed by atoms with Gasteiger partial charge in [0.15, 0.2) is 6.04 Å². The molecule has 1 aliphatic rings. The SMILES string of the molecule is C[C@H]1C[NH+]([C@@H](C)C(=O)Nc2ccc(SC(F)F)cc2)C[C@H](C)O1. The van der Waals surface area contributed by atoms with Crippen molar-refractivity contribution in [1.29, 1.82) is 0 Å². The largest absolute Gasteiger partial charge is 0.364 e. The normalized spacial score (nSPS) is 26.1. The molecule has 0 unspecified atom stereocenters. The van der Waals surface area contributed by atoms with Gasteiger partial charge in [-0.25, -0.2) is 0 Å². The number of rotatable bonds is 5. The van der Waals surface area contributed by atoms with Gasteiger partial charge in [-0.2, -0.15) is 8.78 Å². The first-order valence-corrected chi connectivity index (χ1v) is 8.59. The van der Waals surface area contributed by atoms with Crippen LogP contribution in [-0.2, 0) is 9.53 Å². The fraction of sp³-hybridized carbons (Fsp3) is 0.562. The van der Waals surface area contributed by atoms with E-state index in [-0.39, 0.29) is 24.2 Å². The molecule has 0 aliphatic carbocycles. The molecule has 2 N–H and O–H groups in total. The van der Waals surface area contributed by atoms with Gasteiger partial charge >= 0.3 is 0 Å². The molecule has 128 valence electrons. The van der Waals surface area contributed by atoms with E-state index in [2.05, 4.69) is 5.32 Å². The quantitative estimate of drug-likeness (QED) is 0.803. The molecule has 1 aromatic carbocycles. The van der Waals surface area contributed by atoms with E-state index >= 15 is 0 Å². The van der Waals surface area contributed by atoms with Crippen LogP contribution in [0.25, 0.3) is 0 Å². The monoisotopic (exact) mass is 345 g/mol. The van der Waals surface area contributed by atoms with Gasteiger partial charge in [0, 0.05) is 10.6 Å². The Kier molecular flexibility index (Phi) is 6.38. The molecule has 1 fully saturated rings. The fourth-order valence-corrected chi connectivity index (χ4v) is 3.32. The van der Waals surface area contributed by atoms with Gasteiger partial charge in [0.05, 0.1) is 0 Å². The summed E-state index contributed by atoms with van der Waals surface area (Å²) in [5.74, 6) is -2.51. The third kappa shape index (κ3) is 5.44. The van der Waals surface area contributed by atoms with Crippen LogP contribution in [0.1, 0.15) is 20.8 Å². The van der Waals surface area contributed by atoms with Gasteiger partial charge in [0.2, 0.25) is 0 Å². The molecule has 1 aliphatic heterocycles. The van der Waals surface area contributed by atoms with Crippen molar-refractivity contribution in [3.8, 4) is 0 Å². The Morgan fingerprint density at radius 2 is 1.83 bits per heavy atom. The molecule has 1 saturated heterocycles. The van der Waals surface area contributed by atoms with Crippen molar-refractivity contribution < 1.29 is 23.2 Å². The number of thioether (sulfide) groups is 1. The Labute approximate surface area is 139 Å². The third-order valence-corrected chi connectivity index (χ3v) is 4.64. The Morgan fingerprint density at radius 3 is 2.35 bits per heavy atom. The summed E-state index contributed by atoms with van der Waals surface area (Å²) in [7, 11) is 0. The van der Waals surface area contributed by atoms with E-state index in [0.29, 0.717) is 22.3 Å². The van der Waals surface area contributed by atoms with E-state index in [4.69, 9.17) is 4.74 Å². The summed E-state index contributed by atoms with van der Waals surface area (Å²) in [6.07, 6.45) is 0.268. The highest BCUT2D eigenvalue weighted by molar-refractivity contribution is 7.99. The highest BCUT2D eigenvalue weighted by Gasteiger charge is 2.32. The number of hydrogen-bond acceptors (Lipinski definition) is 3. The molecule has 0 radical (unpaired) electrons. The Balaban J connectivity index is 1.92. The van der Waals surface area contributed by atoms with Crippen molar-refractivity contribution >= 4 is 23.4 Å². The number of carbonyl (C=O) groups excluding carboxylic acids is 1. The molecule has 23 heavy (non-hydrogen) atoms. The molecule has 0 aromatic heterocycles. The zero-order valence-electron chi connectivity index (χ0n) is 13.5. The van der Waals surface area contributed by atoms with Gasteiger partial charge in [-0.1, -0.05) is 11.8 Å². The van der Waals surface area contributed by atoms with Crippen LogP contribution in [0.3, 0.4) is 0 Å². The van der Waals surface area contributed by atoms with Crippen LogP contribution in [0.4, 0.5) is 14.5 Å². The topological polar surface area (TPSA) is 42.8 Å². The number of halogens is 2. The van der Waals surface area contributed by atoms with Crippen LogP contribution in [0.15, 0.2) is 29.2 Å². The maximum absolute atomic E-state index is 12.4. The lowest BCUT2D eigenvalue weighted by Gasteiger charge is -2.35. The minimum atomic E-state index is -2.44. The lowest BCUT2D eigenvalue weighted by Crippen LogP contribution is -3.19. The van der Waals surface area contributed by atoms with Crippen LogP contribution in [0.5, 0.6) is 0 Å². The Morgan fingerprint density at radius 1 is 1.26 bits per heavy atom. The average Bonchev–Trinajstić information content (AvgIpc) is 2.47. The molecule has 7 heteroatoms. The second kappa shape index (κ2) is 8.08. The summed E-state index contributed by atoms with van der Waals surface area (Å²) in [4.78, 5) is 14.1. The van der Waals surface area contributed by atoms with E-state index in [1.54, 1.807) is 24.3 Å². The van der Waals surface area contributed by atoms with E-state index in [9.17, 15) is 13.6 Å². The summed E-state index contributed by atoms with van der Waals surface area (Å²) in [5, 5.41) is 2.85. The second-order valence-corrected chi connectivity index (χ2v) is 7.00. The lowest BCUT2D eigenvalue weighted by molar-refractivity contribution is -0.928. The van der Waals surface area contributed by atoms with Crippen LogP contribution in [0.2, 0.25) is 0 Å². The number of amides is 1. The van der Waals surface area contributed by atoms with Crippen molar-refractivity contribution in [2.45, 2.75) is 49.7 Å². The fourth-order valence-electron chi connectivity index (χ4n) is 2.82. The first kappa shape index (κ1) is 18.2. The standard InChI is InChI=1S/C16H22F2N2O2S/c1-10-8-20(9-11(2)22-10)12(3)15(21)19-13-4-6-14(7-5-13)23-16(17)18/h4-7,10-12,16H,8-9H2,1-3H3,(H,19,21)/p+1/t10-,11-,12-/m0/s1. The minimum Gasteiger partial charge on any atom is -0.364 e. The van der Waals surface area contributed by atoms with Crippen LogP contribution >= 0.6 is 11.8 Å². The van der Waals surface area contributed by atoms with Gasteiger partial charge in [0.25, 0.3) is 11.7 Å². The van der Waals surface area contributed by atoms with Crippen molar-refractivity contribution in [2.75, 3.05) is 18.4 Å². The molecule has 3 atom stereocenters. The highest BCUT2D eigenvalue weighted by atomic mass is 32.2. The van der Waals surface area contributed by atoms with Crippen molar-refractivity contribution in [2.24, 2.45) is 0 Å². The molecule has 1 amide bonds. The highest BCUT2D eigenvalue weighted by Crippen LogP contribution is 2.26. The zero-order chi connectivity index (χ0) is 17.0. The minimum absolute atomic E-state index is 0.0736. The summed E-state index contributed by atoms with van der Waals surface area (Å²) in [6, 6.07) is 6.27. The van der Waals surface area contributed by atoms with E-state index in [0.717, 1.165) is 13.1 Å². The van der Waals surface area contributed by atoms with Crippen LogP contribution < -0.4 is 10.2 Å². The van der Waals surface area contributed by atoms with E-state index in [1.165, 1.54) is 4.90 Å². The molecule has 0 bridgehead atoms. The number of morpholine rings is 1. The molecule has 4 nitrogen and oxygen atoms in total. The average molecular weight is 345 g/mol. The molecule has 2 rings (SSSR count). The van der Waals surface area contributed by atoms with Crippen LogP contribution in [-0.4, -0.2) is 43.0 Å². The van der Waals surface area contributed by atoms with Crippen molar-refractivity contribution in [1.82, 2.24) is 0 Å². The van der Waals surface area contributed by atoms with Gasteiger partial charge in [-0.15, -0.1) is 0 Å². The van der Waals surface area contributed by atoms with Gasteiger partial charge in [0.1, 0.15) is 25.3 Å². The number of nitrogens with one attached hydrogen (secondary N) is 2. The Bertz CT molecular complexity index is 517. The maximum Gasteiger partial charge on any atom is 0.288 e. The van der Waals surface area contributed by atoms with Crippen molar-refractivity contribution in [3.63, 3.8) is 0 Å². The first-order valence-electron chi connectivity index (χ1n) is 7.71. The third-order valence-electron chi connectivity index (χ3n) is 3.92. The molecular weight excluding hydrogens is 322 g/mol. The number of alkyl halides is 2. The molecular formula is C16H23F2N2O2S+. The second-order valence-electron chi connectivity index (χ2n) is 5.94. The number of hydrogen-bond donors (Lipinski definition) is 2. The molecule has 0 saturated carbocycles. The summed E-state index contributed by atoms with van der Waals surface area (Å²) < 4.78 is 30.3. The number of ether oxygens (including phenoxy) is 1. The first-order chi connectivity index (χ1) is 10.8. The van der Waals surface area contributed by atoms with Gasteiger partial charge in [-0.05, 0) is 45.0 Å². The molecule has 0 spiro atoms. The number of anilines is 1. The lowest BCUT2D eigenvalue weighted by atomic mass is 10.1. The number of carbonyl (C=O) groups is 1. The maximum atomic E-state index is 12.4. The van der Waals surface area contributed by atoms with E-state index < -0.39 is 5.76 Å². The predicted molar refractivity (Wildman–Crippen MR) is 87.1 cm³/mol. The smallest absolute Gasteiger partial charge is 0.288 e. The van der Waals surface area contributed by atoms with Crippen LogP contribution in [0, 0.1) is 0 Å². The van der Waals surface area contributed by atoms with Gasteiger partial charge in [-0.3, -0.25) is 4.79 Å².